The molecule has 1 heterocycles. The second-order valence-corrected chi connectivity index (χ2v) is 7.76. The van der Waals surface area contributed by atoms with Gasteiger partial charge in [0.05, 0.1) is 6.04 Å². The number of likely N-dealkylation sites (N-methyl/N-ethyl adjacent to an activating group) is 1. The molecule has 0 radical (unpaired) electrons. The highest BCUT2D eigenvalue weighted by atomic mass is 16.5. The maximum atomic E-state index is 13.0. The molecule has 1 aliphatic rings. The van der Waals surface area contributed by atoms with Gasteiger partial charge >= 0.3 is 0 Å². The highest BCUT2D eigenvalue weighted by Crippen LogP contribution is 2.38. The molecule has 0 spiro atoms. The van der Waals surface area contributed by atoms with Crippen LogP contribution in [-0.2, 0) is 16.0 Å². The molecular formula is C24H30N2O3. The fourth-order valence-corrected chi connectivity index (χ4v) is 3.81. The zero-order chi connectivity index (χ0) is 21.0. The maximum Gasteiger partial charge on any atom is 0.260 e. The molecule has 1 aliphatic heterocycles. The largest absolute Gasteiger partial charge is 0.481 e. The SMILES string of the molecule is CCNC(=O)[C@H](C)Oc1ccc2c(c1)[C@@H](c1ccccc1)N(C(=O)C(C)C)CC2. The molecule has 0 saturated heterocycles. The van der Waals surface area contributed by atoms with Gasteiger partial charge in [-0.2, -0.15) is 0 Å². The predicted molar refractivity (Wildman–Crippen MR) is 114 cm³/mol. The number of carbonyl (C=O) groups excluding carboxylic acids is 2. The van der Waals surface area contributed by atoms with Gasteiger partial charge in [-0.25, -0.2) is 0 Å². The van der Waals surface area contributed by atoms with Gasteiger partial charge < -0.3 is 15.0 Å². The average Bonchev–Trinajstić information content (AvgIpc) is 2.73. The second kappa shape index (κ2) is 9.12. The minimum absolute atomic E-state index is 0.0695. The van der Waals surface area contributed by atoms with Crippen molar-refractivity contribution in [3.8, 4) is 5.75 Å². The van der Waals surface area contributed by atoms with E-state index < -0.39 is 6.10 Å². The summed E-state index contributed by atoms with van der Waals surface area (Å²) < 4.78 is 5.91. The van der Waals surface area contributed by atoms with Crippen molar-refractivity contribution < 1.29 is 14.3 Å². The fraction of sp³-hybridized carbons (Fsp3) is 0.417. The summed E-state index contributed by atoms with van der Waals surface area (Å²) in [6.07, 6.45) is 0.226. The zero-order valence-corrected chi connectivity index (χ0v) is 17.6. The molecule has 154 valence electrons. The number of hydrogen-bond donors (Lipinski definition) is 1. The Hall–Kier alpha value is -2.82. The standard InChI is InChI=1S/C24H30N2O3/c1-5-25-23(27)17(4)29-20-12-11-18-13-14-26(24(28)16(2)3)22(21(18)15-20)19-9-7-6-8-10-19/h6-12,15-17,22H,5,13-14H2,1-4H3,(H,25,27)/t17-,22+/m0/s1. The number of nitrogens with one attached hydrogen (secondary N) is 1. The number of rotatable bonds is 6. The molecule has 29 heavy (non-hydrogen) atoms. The van der Waals surface area contributed by atoms with Crippen LogP contribution in [0.25, 0.3) is 0 Å². The van der Waals surface area contributed by atoms with Crippen LogP contribution in [0.4, 0.5) is 0 Å². The van der Waals surface area contributed by atoms with Gasteiger partial charge in [-0.1, -0.05) is 50.2 Å². The van der Waals surface area contributed by atoms with Crippen molar-refractivity contribution in [3.05, 3.63) is 65.2 Å². The van der Waals surface area contributed by atoms with Crippen molar-refractivity contribution in [3.63, 3.8) is 0 Å². The maximum absolute atomic E-state index is 13.0. The summed E-state index contributed by atoms with van der Waals surface area (Å²) in [4.78, 5) is 27.0. The Labute approximate surface area is 173 Å². The lowest BCUT2D eigenvalue weighted by Crippen LogP contribution is -2.42. The Kier molecular flexibility index (Phi) is 6.57. The van der Waals surface area contributed by atoms with E-state index in [4.69, 9.17) is 4.74 Å². The van der Waals surface area contributed by atoms with E-state index >= 15 is 0 Å². The molecule has 1 N–H and O–H groups in total. The van der Waals surface area contributed by atoms with Crippen molar-refractivity contribution in [1.82, 2.24) is 10.2 Å². The predicted octanol–water partition coefficient (Wildman–Crippen LogP) is 3.72. The molecule has 2 aromatic carbocycles. The smallest absolute Gasteiger partial charge is 0.260 e. The molecule has 3 rings (SSSR count). The number of fused-ring (bicyclic) bond motifs is 1. The number of amides is 2. The molecular weight excluding hydrogens is 364 g/mol. The third-order valence-corrected chi connectivity index (χ3v) is 5.27. The number of nitrogens with zero attached hydrogens (tertiary/aromatic N) is 1. The summed E-state index contributed by atoms with van der Waals surface area (Å²) in [5.74, 6) is 0.579. The van der Waals surface area contributed by atoms with Gasteiger partial charge in [-0.15, -0.1) is 0 Å². The lowest BCUT2D eigenvalue weighted by Gasteiger charge is -2.39. The summed E-state index contributed by atoms with van der Waals surface area (Å²) in [6.45, 7) is 8.76. The van der Waals surface area contributed by atoms with E-state index in [9.17, 15) is 9.59 Å². The summed E-state index contributed by atoms with van der Waals surface area (Å²) in [5.41, 5.74) is 3.36. The molecule has 0 bridgehead atoms. The van der Waals surface area contributed by atoms with Crippen LogP contribution in [0.2, 0.25) is 0 Å². The summed E-state index contributed by atoms with van der Waals surface area (Å²) in [7, 11) is 0. The van der Waals surface area contributed by atoms with Crippen molar-refractivity contribution in [2.24, 2.45) is 5.92 Å². The van der Waals surface area contributed by atoms with E-state index in [2.05, 4.69) is 23.5 Å². The van der Waals surface area contributed by atoms with Crippen LogP contribution in [0.1, 0.15) is 50.4 Å². The monoisotopic (exact) mass is 394 g/mol. The number of hydrogen-bond acceptors (Lipinski definition) is 3. The van der Waals surface area contributed by atoms with E-state index in [1.54, 1.807) is 6.92 Å². The number of carbonyl (C=O) groups is 2. The molecule has 0 saturated carbocycles. The van der Waals surface area contributed by atoms with Crippen molar-refractivity contribution in [2.75, 3.05) is 13.1 Å². The Morgan fingerprint density at radius 2 is 1.86 bits per heavy atom. The van der Waals surface area contributed by atoms with Gasteiger partial charge in [0.25, 0.3) is 5.91 Å². The van der Waals surface area contributed by atoms with E-state index in [0.717, 1.165) is 17.5 Å². The van der Waals surface area contributed by atoms with Crippen LogP contribution in [0, 0.1) is 5.92 Å². The van der Waals surface area contributed by atoms with Gasteiger partial charge in [0.15, 0.2) is 6.10 Å². The summed E-state index contributed by atoms with van der Waals surface area (Å²) in [6, 6.07) is 15.9. The minimum Gasteiger partial charge on any atom is -0.481 e. The van der Waals surface area contributed by atoms with Crippen LogP contribution in [0.5, 0.6) is 5.75 Å². The summed E-state index contributed by atoms with van der Waals surface area (Å²) in [5, 5.41) is 2.78. The molecule has 0 aromatic heterocycles. The van der Waals surface area contributed by atoms with E-state index in [-0.39, 0.29) is 23.8 Å². The average molecular weight is 395 g/mol. The lowest BCUT2D eigenvalue weighted by atomic mass is 9.87. The molecule has 5 heteroatoms. The molecule has 2 aromatic rings. The Bertz CT molecular complexity index is 864. The lowest BCUT2D eigenvalue weighted by molar-refractivity contribution is -0.136. The van der Waals surface area contributed by atoms with Crippen LogP contribution < -0.4 is 10.1 Å². The Morgan fingerprint density at radius 1 is 1.14 bits per heavy atom. The van der Waals surface area contributed by atoms with Gasteiger partial charge in [-0.05, 0) is 49.1 Å². The minimum atomic E-state index is -0.583. The highest BCUT2D eigenvalue weighted by Gasteiger charge is 2.33. The van der Waals surface area contributed by atoms with Gasteiger partial charge in [-0.3, -0.25) is 9.59 Å². The quantitative estimate of drug-likeness (QED) is 0.812. The normalized spacial score (nSPS) is 16.9. The highest BCUT2D eigenvalue weighted by molar-refractivity contribution is 5.81. The third-order valence-electron chi connectivity index (χ3n) is 5.27. The first-order valence-corrected chi connectivity index (χ1v) is 10.3. The first-order chi connectivity index (χ1) is 13.9. The van der Waals surface area contributed by atoms with Crippen LogP contribution in [0.3, 0.4) is 0 Å². The molecule has 2 atom stereocenters. The van der Waals surface area contributed by atoms with Crippen molar-refractivity contribution in [1.29, 1.82) is 0 Å². The second-order valence-electron chi connectivity index (χ2n) is 7.76. The summed E-state index contributed by atoms with van der Waals surface area (Å²) >= 11 is 0. The Morgan fingerprint density at radius 3 is 2.52 bits per heavy atom. The van der Waals surface area contributed by atoms with E-state index in [1.165, 1.54) is 5.56 Å². The molecule has 0 fully saturated rings. The van der Waals surface area contributed by atoms with Gasteiger partial charge in [0, 0.05) is 19.0 Å². The van der Waals surface area contributed by atoms with Crippen LogP contribution >= 0.6 is 0 Å². The molecule has 5 nitrogen and oxygen atoms in total. The van der Waals surface area contributed by atoms with E-state index in [1.807, 2.05) is 56.0 Å². The van der Waals surface area contributed by atoms with Gasteiger partial charge in [0.2, 0.25) is 5.91 Å². The van der Waals surface area contributed by atoms with Crippen LogP contribution in [0.15, 0.2) is 48.5 Å². The molecule has 2 amide bonds. The molecule has 0 unspecified atom stereocenters. The van der Waals surface area contributed by atoms with Crippen molar-refractivity contribution >= 4 is 11.8 Å². The third kappa shape index (κ3) is 4.61. The van der Waals surface area contributed by atoms with Gasteiger partial charge in [0.1, 0.15) is 5.75 Å². The topological polar surface area (TPSA) is 58.6 Å². The zero-order valence-electron chi connectivity index (χ0n) is 17.6. The number of ether oxygens (including phenoxy) is 1. The first-order valence-electron chi connectivity index (χ1n) is 10.3. The fourth-order valence-electron chi connectivity index (χ4n) is 3.81. The first kappa shape index (κ1) is 20.9. The molecule has 0 aliphatic carbocycles. The van der Waals surface area contributed by atoms with Crippen LogP contribution in [-0.4, -0.2) is 35.9 Å². The van der Waals surface area contributed by atoms with Crippen molar-refractivity contribution in [2.45, 2.75) is 46.3 Å². The number of benzene rings is 2. The van der Waals surface area contributed by atoms with E-state index in [0.29, 0.717) is 18.8 Å². The Balaban J connectivity index is 1.98.